The molecule has 0 aromatic heterocycles. The van der Waals surface area contributed by atoms with Gasteiger partial charge in [0.2, 0.25) is 0 Å². The van der Waals surface area contributed by atoms with Crippen molar-refractivity contribution in [1.29, 1.82) is 0 Å². The minimum absolute atomic E-state index is 0.368. The Morgan fingerprint density at radius 1 is 1.40 bits per heavy atom. The lowest BCUT2D eigenvalue weighted by Crippen LogP contribution is -2.34. The number of rotatable bonds is 6. The van der Waals surface area contributed by atoms with Gasteiger partial charge in [-0.05, 0) is 37.5 Å². The average molecular weight is 277 g/mol. The quantitative estimate of drug-likeness (QED) is 0.854. The number of ether oxygens (including phenoxy) is 2. The van der Waals surface area contributed by atoms with Gasteiger partial charge in [-0.1, -0.05) is 20.3 Å². The van der Waals surface area contributed by atoms with Crippen molar-refractivity contribution >= 4 is 0 Å². The van der Waals surface area contributed by atoms with Gasteiger partial charge in [0.05, 0.1) is 13.7 Å². The first-order valence-corrected chi connectivity index (χ1v) is 7.70. The van der Waals surface area contributed by atoms with Crippen LogP contribution in [0.25, 0.3) is 0 Å². The second kappa shape index (κ2) is 6.98. The molecule has 1 aliphatic rings. The van der Waals surface area contributed by atoms with Crippen LogP contribution < -0.4 is 14.8 Å². The van der Waals surface area contributed by atoms with Crippen molar-refractivity contribution in [2.75, 3.05) is 13.7 Å². The van der Waals surface area contributed by atoms with E-state index in [1.54, 1.807) is 7.11 Å². The molecule has 0 aliphatic carbocycles. The summed E-state index contributed by atoms with van der Waals surface area (Å²) in [6.45, 7) is 7.64. The van der Waals surface area contributed by atoms with Gasteiger partial charge in [-0.15, -0.1) is 0 Å². The number of hydrogen-bond donors (Lipinski definition) is 1. The summed E-state index contributed by atoms with van der Waals surface area (Å²) in [6.07, 6.45) is 3.47. The molecule has 3 heteroatoms. The Bertz CT molecular complexity index is 433. The molecule has 1 aromatic rings. The SMILES string of the molecule is CCC(C)CC(C)NC1CCOc2ccc(OC)cc21. The zero-order valence-electron chi connectivity index (χ0n) is 13.1. The third-order valence-corrected chi connectivity index (χ3v) is 4.20. The molecule has 0 saturated heterocycles. The van der Waals surface area contributed by atoms with Gasteiger partial charge in [0.25, 0.3) is 0 Å². The topological polar surface area (TPSA) is 30.5 Å². The minimum atomic E-state index is 0.368. The highest BCUT2D eigenvalue weighted by atomic mass is 16.5. The van der Waals surface area contributed by atoms with E-state index in [0.29, 0.717) is 12.1 Å². The third-order valence-electron chi connectivity index (χ3n) is 4.20. The summed E-state index contributed by atoms with van der Waals surface area (Å²) in [5, 5.41) is 3.76. The molecular formula is C17H27NO2. The van der Waals surface area contributed by atoms with E-state index in [1.165, 1.54) is 18.4 Å². The number of methoxy groups -OCH3 is 1. The highest BCUT2D eigenvalue weighted by Crippen LogP contribution is 2.35. The van der Waals surface area contributed by atoms with Crippen LogP contribution >= 0.6 is 0 Å². The molecule has 20 heavy (non-hydrogen) atoms. The van der Waals surface area contributed by atoms with Crippen molar-refractivity contribution in [3.05, 3.63) is 23.8 Å². The predicted molar refractivity (Wildman–Crippen MR) is 82.5 cm³/mol. The summed E-state index contributed by atoms with van der Waals surface area (Å²) in [4.78, 5) is 0. The summed E-state index contributed by atoms with van der Waals surface area (Å²) in [7, 11) is 1.71. The predicted octanol–water partition coefficient (Wildman–Crippen LogP) is 3.93. The molecule has 112 valence electrons. The second-order valence-corrected chi connectivity index (χ2v) is 5.91. The lowest BCUT2D eigenvalue weighted by molar-refractivity contribution is 0.239. The Kier molecular flexibility index (Phi) is 5.30. The summed E-state index contributed by atoms with van der Waals surface area (Å²) in [5.41, 5.74) is 1.23. The van der Waals surface area contributed by atoms with Gasteiger partial charge in [-0.25, -0.2) is 0 Å². The molecule has 1 N–H and O–H groups in total. The Morgan fingerprint density at radius 2 is 2.20 bits per heavy atom. The normalized spacial score (nSPS) is 20.7. The lowest BCUT2D eigenvalue weighted by Gasteiger charge is -2.30. The highest BCUT2D eigenvalue weighted by Gasteiger charge is 2.23. The molecule has 3 atom stereocenters. The molecule has 3 unspecified atom stereocenters. The van der Waals surface area contributed by atoms with E-state index in [4.69, 9.17) is 9.47 Å². The van der Waals surface area contributed by atoms with Crippen LogP contribution in [-0.2, 0) is 0 Å². The fourth-order valence-corrected chi connectivity index (χ4v) is 2.85. The van der Waals surface area contributed by atoms with Gasteiger partial charge in [-0.2, -0.15) is 0 Å². The average Bonchev–Trinajstić information content (AvgIpc) is 2.46. The van der Waals surface area contributed by atoms with Crippen molar-refractivity contribution < 1.29 is 9.47 Å². The molecule has 0 spiro atoms. The number of hydrogen-bond acceptors (Lipinski definition) is 3. The number of fused-ring (bicyclic) bond motifs is 1. The third kappa shape index (κ3) is 3.66. The van der Waals surface area contributed by atoms with Crippen molar-refractivity contribution in [2.45, 2.75) is 52.1 Å². The highest BCUT2D eigenvalue weighted by molar-refractivity contribution is 5.43. The molecule has 0 bridgehead atoms. The van der Waals surface area contributed by atoms with Crippen LogP contribution in [0.4, 0.5) is 0 Å². The van der Waals surface area contributed by atoms with Crippen LogP contribution in [-0.4, -0.2) is 19.8 Å². The molecule has 0 saturated carbocycles. The first-order chi connectivity index (χ1) is 9.63. The molecule has 3 nitrogen and oxygen atoms in total. The van der Waals surface area contributed by atoms with E-state index < -0.39 is 0 Å². The second-order valence-electron chi connectivity index (χ2n) is 5.91. The maximum Gasteiger partial charge on any atom is 0.124 e. The zero-order valence-corrected chi connectivity index (χ0v) is 13.1. The van der Waals surface area contributed by atoms with Gasteiger partial charge >= 0.3 is 0 Å². The minimum Gasteiger partial charge on any atom is -0.497 e. The van der Waals surface area contributed by atoms with Crippen LogP contribution in [0.2, 0.25) is 0 Å². The lowest BCUT2D eigenvalue weighted by atomic mass is 9.96. The summed E-state index contributed by atoms with van der Waals surface area (Å²) in [5.74, 6) is 2.66. The molecule has 1 heterocycles. The van der Waals surface area contributed by atoms with Gasteiger partial charge in [0.15, 0.2) is 0 Å². The first kappa shape index (κ1) is 15.2. The van der Waals surface area contributed by atoms with E-state index >= 15 is 0 Å². The Hall–Kier alpha value is -1.22. The summed E-state index contributed by atoms with van der Waals surface area (Å²) in [6, 6.07) is 6.97. The maximum atomic E-state index is 5.74. The Balaban J connectivity index is 2.07. The van der Waals surface area contributed by atoms with Crippen LogP contribution in [0.5, 0.6) is 11.5 Å². The largest absolute Gasteiger partial charge is 0.497 e. The van der Waals surface area contributed by atoms with Gasteiger partial charge < -0.3 is 14.8 Å². The Morgan fingerprint density at radius 3 is 2.90 bits per heavy atom. The fourth-order valence-electron chi connectivity index (χ4n) is 2.85. The Labute approximate surface area is 122 Å². The molecule has 0 radical (unpaired) electrons. The van der Waals surface area contributed by atoms with Crippen molar-refractivity contribution in [2.24, 2.45) is 5.92 Å². The molecule has 1 aliphatic heterocycles. The molecule has 1 aromatic carbocycles. The van der Waals surface area contributed by atoms with Crippen LogP contribution in [0, 0.1) is 5.92 Å². The first-order valence-electron chi connectivity index (χ1n) is 7.70. The van der Waals surface area contributed by atoms with Crippen molar-refractivity contribution in [1.82, 2.24) is 5.32 Å². The van der Waals surface area contributed by atoms with Crippen molar-refractivity contribution in [3.8, 4) is 11.5 Å². The summed E-state index contributed by atoms with van der Waals surface area (Å²) < 4.78 is 11.1. The van der Waals surface area contributed by atoms with E-state index in [2.05, 4.69) is 32.2 Å². The molecular weight excluding hydrogens is 250 g/mol. The van der Waals surface area contributed by atoms with E-state index in [9.17, 15) is 0 Å². The smallest absolute Gasteiger partial charge is 0.124 e. The molecule has 0 fully saturated rings. The zero-order chi connectivity index (χ0) is 14.5. The fraction of sp³-hybridized carbons (Fsp3) is 0.647. The number of nitrogens with one attached hydrogen (secondary N) is 1. The van der Waals surface area contributed by atoms with Gasteiger partial charge in [0, 0.05) is 24.1 Å². The van der Waals surface area contributed by atoms with E-state index in [0.717, 1.165) is 30.4 Å². The van der Waals surface area contributed by atoms with Crippen molar-refractivity contribution in [3.63, 3.8) is 0 Å². The standard InChI is InChI=1S/C17H27NO2/c1-5-12(2)10-13(3)18-16-8-9-20-17-7-6-14(19-4)11-15(16)17/h6-7,11-13,16,18H,5,8-10H2,1-4H3. The monoisotopic (exact) mass is 277 g/mol. The maximum absolute atomic E-state index is 5.74. The van der Waals surface area contributed by atoms with E-state index in [-0.39, 0.29) is 0 Å². The molecule has 0 amide bonds. The molecule has 2 rings (SSSR count). The van der Waals surface area contributed by atoms with E-state index in [1.807, 2.05) is 12.1 Å². The van der Waals surface area contributed by atoms with Gasteiger partial charge in [-0.3, -0.25) is 0 Å². The van der Waals surface area contributed by atoms with Crippen LogP contribution in [0.3, 0.4) is 0 Å². The van der Waals surface area contributed by atoms with Gasteiger partial charge in [0.1, 0.15) is 11.5 Å². The summed E-state index contributed by atoms with van der Waals surface area (Å²) >= 11 is 0. The number of benzene rings is 1. The van der Waals surface area contributed by atoms with Crippen LogP contribution in [0.1, 0.15) is 51.6 Å². The van der Waals surface area contributed by atoms with Crippen LogP contribution in [0.15, 0.2) is 18.2 Å².